The van der Waals surface area contributed by atoms with E-state index in [0.717, 1.165) is 21.7 Å². The number of benzene rings is 2. The maximum Gasteiger partial charge on any atom is 0.433 e. The van der Waals surface area contributed by atoms with Crippen molar-refractivity contribution in [2.45, 2.75) is 0 Å². The fourth-order valence-corrected chi connectivity index (χ4v) is 3.11. The van der Waals surface area contributed by atoms with Crippen molar-refractivity contribution < 1.29 is 9.34 Å². The lowest BCUT2D eigenvalue weighted by atomic mass is 10.0. The molecule has 140 valence electrons. The number of aromatic nitrogens is 4. The lowest BCUT2D eigenvalue weighted by Crippen LogP contribution is -2.00. The monoisotopic (exact) mass is 385 g/mol. The van der Waals surface area contributed by atoms with Gasteiger partial charge in [0.05, 0.1) is 17.8 Å². The van der Waals surface area contributed by atoms with Crippen LogP contribution in [0.15, 0.2) is 64.2 Å². The first-order valence-corrected chi connectivity index (χ1v) is 8.54. The summed E-state index contributed by atoms with van der Waals surface area (Å²) in [5.41, 5.74) is 4.81. The summed E-state index contributed by atoms with van der Waals surface area (Å²) in [5, 5.41) is 25.8. The molecule has 0 unspecified atom stereocenters. The number of nitro groups is 1. The van der Waals surface area contributed by atoms with Crippen LogP contribution in [0, 0.1) is 10.1 Å². The molecule has 0 saturated heterocycles. The number of furan rings is 1. The maximum atomic E-state index is 10.7. The quantitative estimate of drug-likeness (QED) is 0.214. The van der Waals surface area contributed by atoms with Crippen LogP contribution in [0.4, 0.5) is 11.8 Å². The minimum absolute atomic E-state index is 0.176. The molecule has 10 nitrogen and oxygen atoms in total. The Hall–Kier alpha value is -4.47. The smallest absolute Gasteiger partial charge is 0.400 e. The van der Waals surface area contributed by atoms with E-state index in [1.54, 1.807) is 6.20 Å². The van der Waals surface area contributed by atoms with E-state index in [9.17, 15) is 10.1 Å². The fraction of sp³-hybridized carbons (Fsp3) is 0. The first-order valence-electron chi connectivity index (χ1n) is 8.54. The van der Waals surface area contributed by atoms with Crippen molar-refractivity contribution in [1.29, 1.82) is 0 Å². The third-order valence-electron chi connectivity index (χ3n) is 4.34. The van der Waals surface area contributed by atoms with Crippen molar-refractivity contribution in [3.05, 3.63) is 70.6 Å². The molecule has 3 heterocycles. The second kappa shape index (κ2) is 6.60. The Morgan fingerprint density at radius 1 is 0.966 bits per heavy atom. The molecule has 0 atom stereocenters. The van der Waals surface area contributed by atoms with Gasteiger partial charge in [-0.3, -0.25) is 15.1 Å². The molecular formula is C19H11N7O3. The molecule has 0 bridgehead atoms. The number of nitrogens with zero attached hydrogens (tertiary/aromatic N) is 6. The molecule has 10 heteroatoms. The first kappa shape index (κ1) is 16.7. The molecule has 0 spiro atoms. The van der Waals surface area contributed by atoms with Crippen molar-refractivity contribution in [1.82, 2.24) is 20.2 Å². The van der Waals surface area contributed by atoms with Crippen LogP contribution >= 0.6 is 0 Å². The number of anilines is 1. The molecule has 0 saturated carbocycles. The Balaban J connectivity index is 1.56. The summed E-state index contributed by atoms with van der Waals surface area (Å²) in [6.07, 6.45) is 3.03. The molecule has 2 aromatic carbocycles. The highest BCUT2D eigenvalue weighted by Gasteiger charge is 2.13. The number of rotatable bonds is 4. The van der Waals surface area contributed by atoms with Crippen molar-refractivity contribution in [3.63, 3.8) is 0 Å². The van der Waals surface area contributed by atoms with Gasteiger partial charge in [-0.1, -0.05) is 24.3 Å². The predicted octanol–water partition coefficient (Wildman–Crippen LogP) is 3.67. The maximum absolute atomic E-state index is 10.7. The van der Waals surface area contributed by atoms with Crippen LogP contribution in [0.1, 0.15) is 5.76 Å². The zero-order valence-corrected chi connectivity index (χ0v) is 14.7. The van der Waals surface area contributed by atoms with Crippen LogP contribution in [0.3, 0.4) is 0 Å². The summed E-state index contributed by atoms with van der Waals surface area (Å²) < 4.78 is 5.01. The molecule has 0 aliphatic carbocycles. The van der Waals surface area contributed by atoms with Gasteiger partial charge in [-0.25, -0.2) is 10.4 Å². The molecule has 0 fully saturated rings. The van der Waals surface area contributed by atoms with Gasteiger partial charge in [0, 0.05) is 22.4 Å². The van der Waals surface area contributed by atoms with E-state index < -0.39 is 4.92 Å². The molecule has 0 aliphatic rings. The SMILES string of the molecule is O=[N+]([O-])c1ccc(/C=N/Nc2nnc3c4ccccc4c4ncccc4c3n2)o1. The van der Waals surface area contributed by atoms with Crippen molar-refractivity contribution in [2.24, 2.45) is 5.10 Å². The van der Waals surface area contributed by atoms with E-state index in [0.29, 0.717) is 11.0 Å². The van der Waals surface area contributed by atoms with Crippen molar-refractivity contribution >= 4 is 50.8 Å². The lowest BCUT2D eigenvalue weighted by molar-refractivity contribution is -0.402. The summed E-state index contributed by atoms with van der Waals surface area (Å²) in [7, 11) is 0. The van der Waals surface area contributed by atoms with Gasteiger partial charge in [-0.05, 0) is 18.2 Å². The average molecular weight is 385 g/mol. The molecule has 0 radical (unpaired) electrons. The van der Waals surface area contributed by atoms with Gasteiger partial charge >= 0.3 is 5.88 Å². The Labute approximate surface area is 162 Å². The molecule has 29 heavy (non-hydrogen) atoms. The molecule has 0 amide bonds. The number of hydrogen-bond donors (Lipinski definition) is 1. The van der Waals surface area contributed by atoms with Crippen LogP contribution in [0.5, 0.6) is 0 Å². The minimum Gasteiger partial charge on any atom is -0.400 e. The number of hydrazone groups is 1. The van der Waals surface area contributed by atoms with E-state index in [4.69, 9.17) is 4.42 Å². The zero-order chi connectivity index (χ0) is 19.8. The summed E-state index contributed by atoms with van der Waals surface area (Å²) in [4.78, 5) is 19.1. The summed E-state index contributed by atoms with van der Waals surface area (Å²) in [5.74, 6) is 0.0368. The van der Waals surface area contributed by atoms with Gasteiger partial charge in [0.15, 0.2) is 5.76 Å². The zero-order valence-electron chi connectivity index (χ0n) is 14.7. The van der Waals surface area contributed by atoms with Gasteiger partial charge in [-0.15, -0.1) is 10.2 Å². The third-order valence-corrected chi connectivity index (χ3v) is 4.34. The number of fused-ring (bicyclic) bond motifs is 6. The predicted molar refractivity (Wildman–Crippen MR) is 107 cm³/mol. The Bertz CT molecular complexity index is 1390. The van der Waals surface area contributed by atoms with Gasteiger partial charge in [-0.2, -0.15) is 5.10 Å². The van der Waals surface area contributed by atoms with E-state index in [1.807, 2.05) is 36.4 Å². The second-order valence-corrected chi connectivity index (χ2v) is 6.08. The summed E-state index contributed by atoms with van der Waals surface area (Å²) in [6, 6.07) is 14.3. The molecule has 1 N–H and O–H groups in total. The van der Waals surface area contributed by atoms with Gasteiger partial charge in [0.1, 0.15) is 16.0 Å². The normalized spacial score (nSPS) is 11.6. The Morgan fingerprint density at radius 3 is 2.55 bits per heavy atom. The van der Waals surface area contributed by atoms with Crippen LogP contribution in [-0.4, -0.2) is 31.3 Å². The molecule has 0 aliphatic heterocycles. The molecule has 5 rings (SSSR count). The number of nitrogens with one attached hydrogen (secondary N) is 1. The fourth-order valence-electron chi connectivity index (χ4n) is 3.11. The Morgan fingerprint density at radius 2 is 1.76 bits per heavy atom. The van der Waals surface area contributed by atoms with Gasteiger partial charge in [0.25, 0.3) is 5.95 Å². The summed E-state index contributed by atoms with van der Waals surface area (Å²) >= 11 is 0. The Kier molecular flexibility index (Phi) is 3.80. The minimum atomic E-state index is -0.620. The molecule has 5 aromatic rings. The largest absolute Gasteiger partial charge is 0.433 e. The highest BCUT2D eigenvalue weighted by molar-refractivity contribution is 6.21. The van der Waals surface area contributed by atoms with Crippen molar-refractivity contribution in [2.75, 3.05) is 5.43 Å². The van der Waals surface area contributed by atoms with E-state index in [2.05, 4.69) is 30.7 Å². The van der Waals surface area contributed by atoms with E-state index in [-0.39, 0.29) is 17.6 Å². The standard InChI is InChI=1S/C19H11N7O3/c27-26(28)15-8-7-11(29-15)10-21-24-19-22-17-14-6-3-9-20-16(14)12-4-1-2-5-13(12)18(17)23-25-19/h1-10H,(H,22,24,25)/b21-10+. The van der Waals surface area contributed by atoms with Crippen LogP contribution in [-0.2, 0) is 0 Å². The topological polar surface area (TPSA) is 132 Å². The van der Waals surface area contributed by atoms with E-state index in [1.165, 1.54) is 18.3 Å². The molecule has 3 aromatic heterocycles. The van der Waals surface area contributed by atoms with Gasteiger partial charge in [0.2, 0.25) is 0 Å². The number of pyridine rings is 1. The lowest BCUT2D eigenvalue weighted by Gasteiger charge is -2.08. The number of hydrogen-bond acceptors (Lipinski definition) is 9. The van der Waals surface area contributed by atoms with Crippen LogP contribution in [0.25, 0.3) is 32.7 Å². The van der Waals surface area contributed by atoms with Crippen molar-refractivity contribution in [3.8, 4) is 0 Å². The second-order valence-electron chi connectivity index (χ2n) is 6.08. The third kappa shape index (κ3) is 2.88. The molecular weight excluding hydrogens is 374 g/mol. The first-order chi connectivity index (χ1) is 14.2. The highest BCUT2D eigenvalue weighted by Crippen LogP contribution is 2.31. The highest BCUT2D eigenvalue weighted by atomic mass is 16.6. The average Bonchev–Trinajstić information content (AvgIpc) is 3.23. The van der Waals surface area contributed by atoms with E-state index >= 15 is 0 Å². The summed E-state index contributed by atoms with van der Waals surface area (Å²) in [6.45, 7) is 0. The van der Waals surface area contributed by atoms with Gasteiger partial charge < -0.3 is 4.42 Å². The van der Waals surface area contributed by atoms with Crippen LogP contribution in [0.2, 0.25) is 0 Å². The van der Waals surface area contributed by atoms with Crippen LogP contribution < -0.4 is 5.43 Å².